The van der Waals surface area contributed by atoms with Gasteiger partial charge in [0.2, 0.25) is 0 Å². The number of aryl methyl sites for hydroxylation is 1. The zero-order valence-corrected chi connectivity index (χ0v) is 10.8. The summed E-state index contributed by atoms with van der Waals surface area (Å²) >= 11 is 0. The Morgan fingerprint density at radius 1 is 1.32 bits per heavy atom. The Morgan fingerprint density at radius 3 is 2.63 bits per heavy atom. The molecular weight excluding hydrogens is 249 g/mol. The third kappa shape index (κ3) is 2.28. The number of fused-ring (bicyclic) bond motifs is 1. The average molecular weight is 263 g/mol. The SMILES string of the molecule is CCCC(=O)CN1C(=O)C(=O)c2cc(C)cc(F)c21. The lowest BCUT2D eigenvalue weighted by Crippen LogP contribution is -2.35. The number of carbonyl (C=O) groups is 3. The van der Waals surface area contributed by atoms with Crippen molar-refractivity contribution < 1.29 is 18.8 Å². The number of anilines is 1. The fourth-order valence-electron chi connectivity index (χ4n) is 2.21. The van der Waals surface area contributed by atoms with E-state index in [4.69, 9.17) is 0 Å². The molecule has 0 saturated carbocycles. The second-order valence-corrected chi connectivity index (χ2v) is 4.65. The summed E-state index contributed by atoms with van der Waals surface area (Å²) in [5.41, 5.74) is 0.552. The Kier molecular flexibility index (Phi) is 3.46. The van der Waals surface area contributed by atoms with Crippen molar-refractivity contribution in [1.82, 2.24) is 0 Å². The quantitative estimate of drug-likeness (QED) is 0.781. The lowest BCUT2D eigenvalue weighted by atomic mass is 10.1. The second-order valence-electron chi connectivity index (χ2n) is 4.65. The Morgan fingerprint density at radius 2 is 2.00 bits per heavy atom. The molecule has 0 bridgehead atoms. The van der Waals surface area contributed by atoms with E-state index in [1.165, 1.54) is 12.1 Å². The molecule has 0 aliphatic carbocycles. The number of Topliss-reactive ketones (excluding diaryl/α,β-unsaturated/α-hetero) is 2. The van der Waals surface area contributed by atoms with Gasteiger partial charge in [-0.2, -0.15) is 0 Å². The van der Waals surface area contributed by atoms with E-state index in [1.54, 1.807) is 6.92 Å². The molecule has 1 aromatic rings. The van der Waals surface area contributed by atoms with E-state index in [9.17, 15) is 18.8 Å². The molecule has 1 amide bonds. The molecule has 4 nitrogen and oxygen atoms in total. The molecule has 0 N–H and O–H groups in total. The summed E-state index contributed by atoms with van der Waals surface area (Å²) < 4.78 is 13.9. The second kappa shape index (κ2) is 4.91. The molecule has 0 unspecified atom stereocenters. The van der Waals surface area contributed by atoms with Crippen LogP contribution in [-0.2, 0) is 9.59 Å². The molecule has 2 rings (SSSR count). The molecule has 0 radical (unpaired) electrons. The summed E-state index contributed by atoms with van der Waals surface area (Å²) in [6.45, 7) is 3.24. The Bertz CT molecular complexity index is 580. The van der Waals surface area contributed by atoms with E-state index >= 15 is 0 Å². The number of hydrogen-bond donors (Lipinski definition) is 0. The van der Waals surface area contributed by atoms with Gasteiger partial charge in [-0.3, -0.25) is 19.3 Å². The van der Waals surface area contributed by atoms with Crippen molar-refractivity contribution >= 4 is 23.2 Å². The number of rotatable bonds is 4. The minimum absolute atomic E-state index is 0.0480. The molecule has 19 heavy (non-hydrogen) atoms. The molecule has 0 saturated heterocycles. The molecule has 0 aromatic heterocycles. The van der Waals surface area contributed by atoms with Crippen LogP contribution in [0.5, 0.6) is 0 Å². The van der Waals surface area contributed by atoms with Crippen LogP contribution in [0.1, 0.15) is 35.7 Å². The van der Waals surface area contributed by atoms with E-state index in [1.807, 2.05) is 6.92 Å². The first-order chi connectivity index (χ1) is 8.95. The van der Waals surface area contributed by atoms with E-state index < -0.39 is 17.5 Å². The van der Waals surface area contributed by atoms with Gasteiger partial charge in [0.25, 0.3) is 11.7 Å². The monoisotopic (exact) mass is 263 g/mol. The zero-order valence-electron chi connectivity index (χ0n) is 10.8. The summed E-state index contributed by atoms with van der Waals surface area (Å²) in [6, 6.07) is 2.73. The van der Waals surface area contributed by atoms with Crippen LogP contribution in [0.15, 0.2) is 12.1 Å². The van der Waals surface area contributed by atoms with Gasteiger partial charge in [-0.1, -0.05) is 6.92 Å². The molecule has 0 atom stereocenters. The Hall–Kier alpha value is -2.04. The minimum atomic E-state index is -0.830. The van der Waals surface area contributed by atoms with Crippen LogP contribution in [0.4, 0.5) is 10.1 Å². The topological polar surface area (TPSA) is 54.5 Å². The number of benzene rings is 1. The number of nitrogens with zero attached hydrogens (tertiary/aromatic N) is 1. The first-order valence-corrected chi connectivity index (χ1v) is 6.13. The maximum Gasteiger partial charge on any atom is 0.299 e. The summed E-state index contributed by atoms with van der Waals surface area (Å²) in [6.07, 6.45) is 0.957. The molecule has 0 spiro atoms. The molecule has 1 aliphatic rings. The van der Waals surface area contributed by atoms with E-state index in [0.29, 0.717) is 18.4 Å². The van der Waals surface area contributed by atoms with Gasteiger partial charge in [-0.25, -0.2) is 4.39 Å². The Balaban J connectivity index is 2.41. The van der Waals surface area contributed by atoms with Crippen molar-refractivity contribution in [3.05, 3.63) is 29.1 Å². The van der Waals surface area contributed by atoms with Gasteiger partial charge in [-0.15, -0.1) is 0 Å². The predicted molar refractivity (Wildman–Crippen MR) is 67.7 cm³/mol. The minimum Gasteiger partial charge on any atom is -0.298 e. The number of ketones is 2. The Labute approximate surface area is 110 Å². The van der Waals surface area contributed by atoms with Crippen LogP contribution >= 0.6 is 0 Å². The van der Waals surface area contributed by atoms with Gasteiger partial charge in [0, 0.05) is 6.42 Å². The maximum absolute atomic E-state index is 13.9. The van der Waals surface area contributed by atoms with Gasteiger partial charge >= 0.3 is 0 Å². The van der Waals surface area contributed by atoms with Crippen molar-refractivity contribution in [1.29, 1.82) is 0 Å². The van der Waals surface area contributed by atoms with Gasteiger partial charge in [-0.05, 0) is 31.0 Å². The van der Waals surface area contributed by atoms with Gasteiger partial charge < -0.3 is 0 Å². The number of amides is 1. The highest BCUT2D eigenvalue weighted by Gasteiger charge is 2.38. The molecule has 1 heterocycles. The summed E-state index contributed by atoms with van der Waals surface area (Å²) in [4.78, 5) is 36.2. The molecule has 5 heteroatoms. The number of halogens is 1. The average Bonchev–Trinajstić information content (AvgIpc) is 2.55. The van der Waals surface area contributed by atoms with Crippen LogP contribution < -0.4 is 4.90 Å². The van der Waals surface area contributed by atoms with Crippen LogP contribution in [0, 0.1) is 12.7 Å². The largest absolute Gasteiger partial charge is 0.299 e. The van der Waals surface area contributed by atoms with Crippen LogP contribution in [-0.4, -0.2) is 24.0 Å². The van der Waals surface area contributed by atoms with Crippen molar-refractivity contribution in [2.45, 2.75) is 26.7 Å². The molecule has 1 aliphatic heterocycles. The van der Waals surface area contributed by atoms with Gasteiger partial charge in [0.15, 0.2) is 5.78 Å². The van der Waals surface area contributed by atoms with Crippen LogP contribution in [0.2, 0.25) is 0 Å². The number of hydrogen-bond acceptors (Lipinski definition) is 3. The van der Waals surface area contributed by atoms with Crippen molar-refractivity contribution in [2.75, 3.05) is 11.4 Å². The third-order valence-corrected chi connectivity index (χ3v) is 3.02. The fraction of sp³-hybridized carbons (Fsp3) is 0.357. The number of carbonyl (C=O) groups excluding carboxylic acids is 3. The first kappa shape index (κ1) is 13.4. The van der Waals surface area contributed by atoms with Gasteiger partial charge in [0.1, 0.15) is 5.82 Å². The summed E-state index contributed by atoms with van der Waals surface area (Å²) in [5, 5.41) is 0. The standard InChI is InChI=1S/C14H14FNO3/c1-3-4-9(17)7-16-12-10(13(18)14(16)19)5-8(2)6-11(12)15/h5-6H,3-4,7H2,1-2H3. The van der Waals surface area contributed by atoms with E-state index in [0.717, 1.165) is 4.90 Å². The summed E-state index contributed by atoms with van der Waals surface area (Å²) in [5.74, 6) is -2.40. The third-order valence-electron chi connectivity index (χ3n) is 3.02. The molecule has 1 aromatic carbocycles. The van der Waals surface area contributed by atoms with Crippen LogP contribution in [0.25, 0.3) is 0 Å². The lowest BCUT2D eigenvalue weighted by Gasteiger charge is -2.16. The first-order valence-electron chi connectivity index (χ1n) is 6.13. The lowest BCUT2D eigenvalue weighted by molar-refractivity contribution is -0.120. The summed E-state index contributed by atoms with van der Waals surface area (Å²) in [7, 11) is 0. The van der Waals surface area contributed by atoms with Crippen molar-refractivity contribution in [2.24, 2.45) is 0 Å². The normalized spacial score (nSPS) is 13.9. The smallest absolute Gasteiger partial charge is 0.298 e. The predicted octanol–water partition coefficient (Wildman–Crippen LogP) is 2.03. The van der Waals surface area contributed by atoms with E-state index in [-0.39, 0.29) is 23.6 Å². The highest BCUT2D eigenvalue weighted by molar-refractivity contribution is 6.52. The molecular formula is C14H14FNO3. The fourth-order valence-corrected chi connectivity index (χ4v) is 2.21. The highest BCUT2D eigenvalue weighted by Crippen LogP contribution is 2.32. The zero-order chi connectivity index (χ0) is 14.2. The molecule has 0 fully saturated rings. The van der Waals surface area contributed by atoms with Crippen molar-refractivity contribution in [3.63, 3.8) is 0 Å². The van der Waals surface area contributed by atoms with Crippen molar-refractivity contribution in [3.8, 4) is 0 Å². The van der Waals surface area contributed by atoms with E-state index in [2.05, 4.69) is 0 Å². The van der Waals surface area contributed by atoms with Crippen LogP contribution in [0.3, 0.4) is 0 Å². The van der Waals surface area contributed by atoms with Gasteiger partial charge in [0.05, 0.1) is 17.8 Å². The highest BCUT2D eigenvalue weighted by atomic mass is 19.1. The molecule has 100 valence electrons. The maximum atomic E-state index is 13.9.